The van der Waals surface area contributed by atoms with Crippen molar-refractivity contribution in [2.75, 3.05) is 38.7 Å². The summed E-state index contributed by atoms with van der Waals surface area (Å²) in [6, 6.07) is 14.2. The van der Waals surface area contributed by atoms with E-state index in [0.717, 1.165) is 30.1 Å². The summed E-state index contributed by atoms with van der Waals surface area (Å²) in [5.74, 6) is 0.754. The molecule has 4 rings (SSSR count). The Morgan fingerprint density at radius 2 is 1.79 bits per heavy atom. The Hall–Kier alpha value is -2.07. The monoisotopic (exact) mass is 326 g/mol. The van der Waals surface area contributed by atoms with Crippen LogP contribution in [0.2, 0.25) is 0 Å². The Bertz CT molecular complexity index is 731. The molecule has 0 amide bonds. The molecule has 2 aromatic carbocycles. The van der Waals surface area contributed by atoms with Crippen LogP contribution in [0.15, 0.2) is 42.5 Å². The Morgan fingerprint density at radius 3 is 2.50 bits per heavy atom. The molecule has 2 fully saturated rings. The van der Waals surface area contributed by atoms with Gasteiger partial charge in [-0.3, -0.25) is 0 Å². The Kier molecular flexibility index (Phi) is 3.93. The van der Waals surface area contributed by atoms with Crippen LogP contribution in [0.5, 0.6) is 5.75 Å². The molecule has 2 atom stereocenters. The molecule has 0 aliphatic carbocycles. The van der Waals surface area contributed by atoms with E-state index in [1.54, 1.807) is 6.07 Å². The van der Waals surface area contributed by atoms with Gasteiger partial charge in [-0.05, 0) is 54.8 Å². The van der Waals surface area contributed by atoms with Crippen molar-refractivity contribution in [3.63, 3.8) is 0 Å². The van der Waals surface area contributed by atoms with Crippen molar-refractivity contribution in [2.45, 2.75) is 12.5 Å². The number of hydrogen-bond acceptors (Lipinski definition) is 3. The fourth-order valence-corrected chi connectivity index (χ4v) is 4.18. The van der Waals surface area contributed by atoms with E-state index in [4.69, 9.17) is 4.74 Å². The van der Waals surface area contributed by atoms with Crippen molar-refractivity contribution >= 4 is 5.69 Å². The average Bonchev–Trinajstić information content (AvgIpc) is 3.14. The first-order chi connectivity index (χ1) is 11.7. The molecule has 2 aromatic rings. The van der Waals surface area contributed by atoms with E-state index in [1.165, 1.54) is 31.8 Å². The minimum Gasteiger partial charge on any atom is -0.494 e. The van der Waals surface area contributed by atoms with Gasteiger partial charge in [0.1, 0.15) is 0 Å². The van der Waals surface area contributed by atoms with Crippen LogP contribution in [0, 0.1) is 11.7 Å². The van der Waals surface area contributed by atoms with Crippen LogP contribution >= 0.6 is 0 Å². The SMILES string of the molecule is COc1ccc(-c2ccc(N3CC[C@@H]4CN(C)C[C@@H]43)cc2)cc1F. The lowest BCUT2D eigenvalue weighted by Crippen LogP contribution is -2.34. The Balaban J connectivity index is 1.56. The number of hydrogen-bond donors (Lipinski definition) is 0. The molecule has 2 aliphatic heterocycles. The van der Waals surface area contributed by atoms with Gasteiger partial charge in [-0.15, -0.1) is 0 Å². The number of methoxy groups -OCH3 is 1. The number of likely N-dealkylation sites (tertiary alicyclic amines) is 1. The van der Waals surface area contributed by atoms with Crippen LogP contribution in [-0.2, 0) is 0 Å². The normalized spacial score (nSPS) is 23.5. The summed E-state index contributed by atoms with van der Waals surface area (Å²) in [6.45, 7) is 3.50. The zero-order valence-electron chi connectivity index (χ0n) is 14.2. The van der Waals surface area contributed by atoms with Gasteiger partial charge in [-0.25, -0.2) is 4.39 Å². The summed E-state index contributed by atoms with van der Waals surface area (Å²) in [6.07, 6.45) is 1.28. The number of fused-ring (bicyclic) bond motifs is 1. The van der Waals surface area contributed by atoms with Crippen molar-refractivity contribution in [1.29, 1.82) is 0 Å². The molecule has 4 heteroatoms. The lowest BCUT2D eigenvalue weighted by Gasteiger charge is -2.26. The fourth-order valence-electron chi connectivity index (χ4n) is 4.18. The molecule has 126 valence electrons. The summed E-state index contributed by atoms with van der Waals surface area (Å²) in [7, 11) is 3.69. The predicted molar refractivity (Wildman–Crippen MR) is 95.1 cm³/mol. The van der Waals surface area contributed by atoms with Gasteiger partial charge in [-0.1, -0.05) is 18.2 Å². The number of rotatable bonds is 3. The van der Waals surface area contributed by atoms with Crippen molar-refractivity contribution < 1.29 is 9.13 Å². The van der Waals surface area contributed by atoms with E-state index >= 15 is 0 Å². The van der Waals surface area contributed by atoms with Gasteiger partial charge in [0.15, 0.2) is 11.6 Å². The third-order valence-electron chi connectivity index (χ3n) is 5.41. The minimum absolute atomic E-state index is 0.281. The van der Waals surface area contributed by atoms with Gasteiger partial charge in [0.2, 0.25) is 0 Å². The molecular weight excluding hydrogens is 303 g/mol. The summed E-state index contributed by atoms with van der Waals surface area (Å²) in [4.78, 5) is 4.96. The number of anilines is 1. The summed E-state index contributed by atoms with van der Waals surface area (Å²) in [5, 5.41) is 0. The third kappa shape index (κ3) is 2.65. The van der Waals surface area contributed by atoms with Crippen LogP contribution in [0.25, 0.3) is 11.1 Å². The molecule has 0 spiro atoms. The number of ether oxygens (including phenoxy) is 1. The van der Waals surface area contributed by atoms with Crippen LogP contribution in [0.3, 0.4) is 0 Å². The summed E-state index contributed by atoms with van der Waals surface area (Å²) >= 11 is 0. The largest absolute Gasteiger partial charge is 0.494 e. The van der Waals surface area contributed by atoms with Crippen molar-refractivity contribution in [3.8, 4) is 16.9 Å². The molecule has 3 nitrogen and oxygen atoms in total. The number of benzene rings is 2. The molecule has 0 aromatic heterocycles. The van der Waals surface area contributed by atoms with Crippen LogP contribution < -0.4 is 9.64 Å². The van der Waals surface area contributed by atoms with E-state index in [0.29, 0.717) is 6.04 Å². The fraction of sp³-hybridized carbons (Fsp3) is 0.400. The second kappa shape index (κ2) is 6.10. The molecule has 0 saturated carbocycles. The van der Waals surface area contributed by atoms with Crippen LogP contribution in [0.1, 0.15) is 6.42 Å². The lowest BCUT2D eigenvalue weighted by atomic mass is 10.0. The number of nitrogens with zero attached hydrogens (tertiary/aromatic N) is 2. The predicted octanol–water partition coefficient (Wildman–Crippen LogP) is 3.64. The van der Waals surface area contributed by atoms with Gasteiger partial charge < -0.3 is 14.5 Å². The van der Waals surface area contributed by atoms with Gasteiger partial charge >= 0.3 is 0 Å². The van der Waals surface area contributed by atoms with E-state index in [9.17, 15) is 4.39 Å². The maximum absolute atomic E-state index is 13.9. The molecular formula is C20H23FN2O. The highest BCUT2D eigenvalue weighted by atomic mass is 19.1. The van der Waals surface area contributed by atoms with Crippen LogP contribution in [-0.4, -0.2) is 44.7 Å². The van der Waals surface area contributed by atoms with Gasteiger partial charge in [0.25, 0.3) is 0 Å². The Labute approximate surface area is 142 Å². The summed E-state index contributed by atoms with van der Waals surface area (Å²) < 4.78 is 18.9. The molecule has 0 bridgehead atoms. The van der Waals surface area contributed by atoms with Crippen LogP contribution in [0.4, 0.5) is 10.1 Å². The molecule has 24 heavy (non-hydrogen) atoms. The Morgan fingerprint density at radius 1 is 1.04 bits per heavy atom. The zero-order valence-corrected chi connectivity index (χ0v) is 14.2. The zero-order chi connectivity index (χ0) is 16.7. The summed E-state index contributed by atoms with van der Waals surface area (Å²) in [5.41, 5.74) is 3.18. The van der Waals surface area contributed by atoms with E-state index < -0.39 is 0 Å². The molecule has 2 aliphatic rings. The van der Waals surface area contributed by atoms with Crippen molar-refractivity contribution in [1.82, 2.24) is 4.90 Å². The molecule has 2 heterocycles. The average molecular weight is 326 g/mol. The standard InChI is InChI=1S/C20H23FN2O/c1-22-12-16-9-10-23(19(16)13-22)17-6-3-14(4-7-17)15-5-8-20(24-2)18(21)11-15/h3-8,11,16,19H,9-10,12-13H2,1-2H3/t16-,19+/m1/s1. The van der Waals surface area contributed by atoms with Gasteiger partial charge in [-0.2, -0.15) is 0 Å². The number of likely N-dealkylation sites (N-methyl/N-ethyl adjacent to an activating group) is 1. The number of halogens is 1. The second-order valence-corrected chi connectivity index (χ2v) is 6.93. The second-order valence-electron chi connectivity index (χ2n) is 6.93. The lowest BCUT2D eigenvalue weighted by molar-refractivity contribution is 0.386. The van der Waals surface area contributed by atoms with E-state index in [2.05, 4.69) is 41.1 Å². The quantitative estimate of drug-likeness (QED) is 0.856. The molecule has 0 radical (unpaired) electrons. The minimum atomic E-state index is -0.324. The maximum Gasteiger partial charge on any atom is 0.165 e. The topological polar surface area (TPSA) is 15.7 Å². The first-order valence-corrected chi connectivity index (χ1v) is 8.55. The molecule has 0 unspecified atom stereocenters. The van der Waals surface area contributed by atoms with E-state index in [-0.39, 0.29) is 11.6 Å². The van der Waals surface area contributed by atoms with Crippen molar-refractivity contribution in [2.24, 2.45) is 5.92 Å². The highest BCUT2D eigenvalue weighted by Crippen LogP contribution is 2.35. The van der Waals surface area contributed by atoms with Crippen molar-refractivity contribution in [3.05, 3.63) is 48.3 Å². The maximum atomic E-state index is 13.9. The molecule has 2 saturated heterocycles. The van der Waals surface area contributed by atoms with Gasteiger partial charge in [0.05, 0.1) is 7.11 Å². The first-order valence-electron chi connectivity index (χ1n) is 8.55. The van der Waals surface area contributed by atoms with E-state index in [1.807, 2.05) is 6.07 Å². The van der Waals surface area contributed by atoms with Gasteiger partial charge in [0, 0.05) is 31.4 Å². The highest BCUT2D eigenvalue weighted by Gasteiger charge is 2.39. The smallest absolute Gasteiger partial charge is 0.165 e. The highest BCUT2D eigenvalue weighted by molar-refractivity contribution is 5.67. The molecule has 0 N–H and O–H groups in total. The third-order valence-corrected chi connectivity index (χ3v) is 5.41. The first kappa shape index (κ1) is 15.5.